The molecule has 4 N–H and O–H groups in total. The number of carbonyl (C=O) groups excluding carboxylic acids is 1. The molecule has 162 valence electrons. The molecule has 0 aliphatic carbocycles. The van der Waals surface area contributed by atoms with Gasteiger partial charge in [-0.25, -0.2) is 4.39 Å². The van der Waals surface area contributed by atoms with Crippen LogP contribution < -0.4 is 10.6 Å². The number of carbonyl (C=O) groups is 1. The Labute approximate surface area is 170 Å². The summed E-state index contributed by atoms with van der Waals surface area (Å²) in [6.45, 7) is 5.21. The van der Waals surface area contributed by atoms with Crippen LogP contribution in [0.3, 0.4) is 0 Å². The lowest BCUT2D eigenvalue weighted by Crippen LogP contribution is -2.42. The molecule has 2 fully saturated rings. The molecule has 29 heavy (non-hydrogen) atoms. The van der Waals surface area contributed by atoms with Gasteiger partial charge in [-0.2, -0.15) is 0 Å². The molecule has 8 nitrogen and oxygen atoms in total. The standard InChI is InChI=1S/C20H30FN3O5/c21-15-3-1-14(2-4-15)12-22-13-17-20(27)19(26)16(29-17)11-18(25)23-5-6-24-7-9-28-10-8-24/h1-4,16-17,19-20,22,26-27H,5-13H2,(H,23,25). The van der Waals surface area contributed by atoms with Gasteiger partial charge in [-0.05, 0) is 17.7 Å². The fourth-order valence-corrected chi connectivity index (χ4v) is 3.56. The molecule has 9 heteroatoms. The lowest BCUT2D eigenvalue weighted by molar-refractivity contribution is -0.125. The van der Waals surface area contributed by atoms with Crippen molar-refractivity contribution in [3.8, 4) is 0 Å². The van der Waals surface area contributed by atoms with E-state index in [1.165, 1.54) is 12.1 Å². The molecular weight excluding hydrogens is 381 g/mol. The highest BCUT2D eigenvalue weighted by Crippen LogP contribution is 2.23. The van der Waals surface area contributed by atoms with Gasteiger partial charge in [0.1, 0.15) is 18.0 Å². The maximum Gasteiger partial charge on any atom is 0.222 e. The highest BCUT2D eigenvalue weighted by atomic mass is 19.1. The van der Waals surface area contributed by atoms with Gasteiger partial charge in [0.05, 0.1) is 31.8 Å². The summed E-state index contributed by atoms with van der Waals surface area (Å²) in [5.74, 6) is -0.507. The lowest BCUT2D eigenvalue weighted by Gasteiger charge is -2.26. The number of morpholine rings is 1. The van der Waals surface area contributed by atoms with Gasteiger partial charge in [0.2, 0.25) is 5.91 Å². The van der Waals surface area contributed by atoms with Gasteiger partial charge in [0.25, 0.3) is 0 Å². The topological polar surface area (TPSA) is 103 Å². The van der Waals surface area contributed by atoms with Gasteiger partial charge in [-0.3, -0.25) is 9.69 Å². The maximum atomic E-state index is 12.9. The Morgan fingerprint density at radius 1 is 1.14 bits per heavy atom. The van der Waals surface area contributed by atoms with E-state index in [4.69, 9.17) is 9.47 Å². The van der Waals surface area contributed by atoms with Crippen molar-refractivity contribution in [3.63, 3.8) is 0 Å². The van der Waals surface area contributed by atoms with Crippen LogP contribution in [-0.2, 0) is 20.8 Å². The van der Waals surface area contributed by atoms with Gasteiger partial charge < -0.3 is 30.3 Å². The van der Waals surface area contributed by atoms with Crippen molar-refractivity contribution in [1.82, 2.24) is 15.5 Å². The third kappa shape index (κ3) is 6.70. The monoisotopic (exact) mass is 411 g/mol. The molecule has 1 aromatic rings. The molecule has 0 aromatic heterocycles. The molecule has 4 atom stereocenters. The van der Waals surface area contributed by atoms with Crippen LogP contribution in [0.5, 0.6) is 0 Å². The van der Waals surface area contributed by atoms with E-state index in [1.807, 2.05) is 0 Å². The molecule has 1 amide bonds. The number of amides is 1. The Bertz CT molecular complexity index is 642. The minimum absolute atomic E-state index is 0.00417. The van der Waals surface area contributed by atoms with Crippen LogP contribution in [0.1, 0.15) is 12.0 Å². The summed E-state index contributed by atoms with van der Waals surface area (Å²) >= 11 is 0. The third-order valence-electron chi connectivity index (χ3n) is 5.29. The van der Waals surface area contributed by atoms with E-state index in [0.29, 0.717) is 32.8 Å². The summed E-state index contributed by atoms with van der Waals surface area (Å²) in [6.07, 6.45) is -3.54. The predicted molar refractivity (Wildman–Crippen MR) is 104 cm³/mol. The summed E-state index contributed by atoms with van der Waals surface area (Å²) in [5, 5.41) is 26.4. The fraction of sp³-hybridized carbons (Fsp3) is 0.650. The van der Waals surface area contributed by atoms with Crippen LogP contribution in [0.4, 0.5) is 4.39 Å². The van der Waals surface area contributed by atoms with E-state index in [1.54, 1.807) is 12.1 Å². The van der Waals surface area contributed by atoms with E-state index >= 15 is 0 Å². The van der Waals surface area contributed by atoms with Crippen LogP contribution in [0.25, 0.3) is 0 Å². The van der Waals surface area contributed by atoms with E-state index in [-0.39, 0.29) is 18.1 Å². The number of rotatable bonds is 9. The maximum absolute atomic E-state index is 12.9. The summed E-state index contributed by atoms with van der Waals surface area (Å²) in [6, 6.07) is 6.12. The Morgan fingerprint density at radius 2 is 1.83 bits per heavy atom. The van der Waals surface area contributed by atoms with Crippen molar-refractivity contribution in [1.29, 1.82) is 0 Å². The summed E-state index contributed by atoms with van der Waals surface area (Å²) in [7, 11) is 0. The number of hydrogen-bond donors (Lipinski definition) is 4. The minimum Gasteiger partial charge on any atom is -0.388 e. The quantitative estimate of drug-likeness (QED) is 0.424. The van der Waals surface area contributed by atoms with Crippen molar-refractivity contribution in [2.75, 3.05) is 45.9 Å². The van der Waals surface area contributed by atoms with E-state index in [2.05, 4.69) is 15.5 Å². The number of ether oxygens (including phenoxy) is 2. The number of halogens is 1. The first-order valence-corrected chi connectivity index (χ1v) is 10.1. The lowest BCUT2D eigenvalue weighted by atomic mass is 10.1. The molecule has 1 aromatic carbocycles. The van der Waals surface area contributed by atoms with Crippen molar-refractivity contribution in [3.05, 3.63) is 35.6 Å². The van der Waals surface area contributed by atoms with E-state index in [0.717, 1.165) is 25.2 Å². The Kier molecular flexibility index (Phi) is 8.34. The van der Waals surface area contributed by atoms with Gasteiger partial charge in [-0.1, -0.05) is 12.1 Å². The highest BCUT2D eigenvalue weighted by Gasteiger charge is 2.43. The molecule has 0 radical (unpaired) electrons. The zero-order valence-electron chi connectivity index (χ0n) is 16.4. The van der Waals surface area contributed by atoms with Gasteiger partial charge in [0.15, 0.2) is 0 Å². The highest BCUT2D eigenvalue weighted by molar-refractivity contribution is 5.76. The predicted octanol–water partition coefficient (Wildman–Crippen LogP) is -0.757. The number of nitrogens with one attached hydrogen (secondary N) is 2. The van der Waals surface area contributed by atoms with E-state index < -0.39 is 24.4 Å². The minimum atomic E-state index is -1.11. The second-order valence-electron chi connectivity index (χ2n) is 7.46. The Balaban J connectivity index is 1.35. The molecule has 0 spiro atoms. The summed E-state index contributed by atoms with van der Waals surface area (Å²) in [5.41, 5.74) is 0.899. The number of aliphatic hydroxyl groups excluding tert-OH is 2. The van der Waals surface area contributed by atoms with Crippen LogP contribution in [0, 0.1) is 5.82 Å². The first-order valence-electron chi connectivity index (χ1n) is 10.1. The molecule has 0 saturated carbocycles. The molecule has 2 aliphatic heterocycles. The number of hydrogen-bond acceptors (Lipinski definition) is 7. The van der Waals surface area contributed by atoms with Crippen LogP contribution in [0.15, 0.2) is 24.3 Å². The number of nitrogens with zero attached hydrogens (tertiary/aromatic N) is 1. The number of benzene rings is 1. The Morgan fingerprint density at radius 3 is 2.55 bits per heavy atom. The first kappa shape index (κ1) is 22.1. The SMILES string of the molecule is O=C(CC1OC(CNCc2ccc(F)cc2)C(O)C1O)NCCN1CCOCC1. The van der Waals surface area contributed by atoms with Crippen molar-refractivity contribution in [2.24, 2.45) is 0 Å². The van der Waals surface area contributed by atoms with E-state index in [9.17, 15) is 19.4 Å². The van der Waals surface area contributed by atoms with Crippen molar-refractivity contribution in [2.45, 2.75) is 37.4 Å². The van der Waals surface area contributed by atoms with Crippen LogP contribution in [-0.4, -0.2) is 91.4 Å². The van der Waals surface area contributed by atoms with Gasteiger partial charge in [-0.15, -0.1) is 0 Å². The third-order valence-corrected chi connectivity index (χ3v) is 5.29. The average Bonchev–Trinajstić information content (AvgIpc) is 2.98. The fourth-order valence-electron chi connectivity index (χ4n) is 3.56. The smallest absolute Gasteiger partial charge is 0.222 e. The second kappa shape index (κ2) is 11.0. The Hall–Kier alpha value is -1.62. The van der Waals surface area contributed by atoms with Crippen LogP contribution >= 0.6 is 0 Å². The molecule has 0 bridgehead atoms. The first-order chi connectivity index (χ1) is 14.0. The summed E-state index contributed by atoms with van der Waals surface area (Å²) in [4.78, 5) is 14.4. The number of aliphatic hydroxyl groups is 2. The van der Waals surface area contributed by atoms with Gasteiger partial charge in [0, 0.05) is 39.3 Å². The molecule has 4 unspecified atom stereocenters. The molecule has 2 saturated heterocycles. The van der Waals surface area contributed by atoms with Crippen LogP contribution in [0.2, 0.25) is 0 Å². The average molecular weight is 411 g/mol. The zero-order chi connectivity index (χ0) is 20.6. The summed E-state index contributed by atoms with van der Waals surface area (Å²) < 4.78 is 23.9. The normalized spacial score (nSPS) is 27.8. The van der Waals surface area contributed by atoms with Crippen molar-refractivity contribution < 1.29 is 28.9 Å². The van der Waals surface area contributed by atoms with Crippen molar-refractivity contribution >= 4 is 5.91 Å². The second-order valence-corrected chi connectivity index (χ2v) is 7.46. The molecule has 2 heterocycles. The zero-order valence-corrected chi connectivity index (χ0v) is 16.4. The molecule has 2 aliphatic rings. The molecule has 3 rings (SSSR count). The molecular formula is C20H30FN3O5. The largest absolute Gasteiger partial charge is 0.388 e. The van der Waals surface area contributed by atoms with Gasteiger partial charge >= 0.3 is 0 Å².